The number of aryl methyl sites for hydroxylation is 2. The summed E-state index contributed by atoms with van der Waals surface area (Å²) in [5.74, 6) is -0.643. The first kappa shape index (κ1) is 26.3. The Balaban J connectivity index is 2.20. The SMILES string of the molecule is Cc1ccc(C)c(C(=O)c2ccccc2[P](=O)C(=O)c2c(C(F)(F)F)cccc2C(F)(F)F)c1C. The molecule has 0 saturated carbocycles. The standard InChI is InChI=1S/C25H18F6O3P/c1-13-11-12-14(2)20(15(13)3)22(32)16-7-4-5-10-19(16)35(34)23(33)21-17(24(26,27)28)8-6-9-18(21)25(29,30)31/h4-12H,1-3H3. The van der Waals surface area contributed by atoms with Crippen LogP contribution in [0.5, 0.6) is 0 Å². The predicted octanol–water partition coefficient (Wildman–Crippen LogP) is 7.17. The minimum Gasteiger partial charge on any atom is -0.289 e. The maximum absolute atomic E-state index is 13.5. The topological polar surface area (TPSA) is 51.2 Å². The fourth-order valence-corrected chi connectivity index (χ4v) is 5.02. The Bertz CT molecular complexity index is 1320. The smallest absolute Gasteiger partial charge is 0.289 e. The molecule has 0 spiro atoms. The minimum atomic E-state index is -5.31. The third kappa shape index (κ3) is 5.05. The first-order valence-corrected chi connectivity index (χ1v) is 11.4. The Kier molecular flexibility index (Phi) is 7.04. The molecule has 0 bridgehead atoms. The highest BCUT2D eigenvalue weighted by Crippen LogP contribution is 2.43. The van der Waals surface area contributed by atoms with Crippen molar-refractivity contribution in [3.8, 4) is 0 Å². The molecule has 3 rings (SSSR count). The van der Waals surface area contributed by atoms with Gasteiger partial charge in [-0.2, -0.15) is 26.3 Å². The van der Waals surface area contributed by atoms with E-state index < -0.39 is 53.5 Å². The first-order chi connectivity index (χ1) is 16.2. The number of hydrogen-bond donors (Lipinski definition) is 0. The van der Waals surface area contributed by atoms with Crippen molar-refractivity contribution in [1.29, 1.82) is 0 Å². The van der Waals surface area contributed by atoms with Crippen molar-refractivity contribution in [1.82, 2.24) is 0 Å². The van der Waals surface area contributed by atoms with Gasteiger partial charge in [0.15, 0.2) is 13.6 Å². The van der Waals surface area contributed by atoms with E-state index in [1.807, 2.05) is 0 Å². The van der Waals surface area contributed by atoms with Gasteiger partial charge in [0.2, 0.25) is 5.52 Å². The number of alkyl halides is 6. The van der Waals surface area contributed by atoms with Gasteiger partial charge in [-0.15, -0.1) is 0 Å². The summed E-state index contributed by atoms with van der Waals surface area (Å²) in [6.45, 7) is 5.09. The van der Waals surface area contributed by atoms with Gasteiger partial charge in [-0.3, -0.25) is 14.2 Å². The number of carbonyl (C=O) groups excluding carboxylic acids is 2. The monoisotopic (exact) mass is 511 g/mol. The molecule has 3 aromatic carbocycles. The zero-order valence-electron chi connectivity index (χ0n) is 18.6. The van der Waals surface area contributed by atoms with E-state index in [9.17, 15) is 40.5 Å². The second-order valence-corrected chi connectivity index (χ2v) is 9.35. The van der Waals surface area contributed by atoms with Crippen LogP contribution in [0.4, 0.5) is 26.3 Å². The lowest BCUT2D eigenvalue weighted by Gasteiger charge is -2.18. The van der Waals surface area contributed by atoms with Gasteiger partial charge in [0.05, 0.1) is 22.0 Å². The summed E-state index contributed by atoms with van der Waals surface area (Å²) in [6.07, 6.45) is -10.6. The molecule has 0 aliphatic heterocycles. The van der Waals surface area contributed by atoms with Gasteiger partial charge in [0.25, 0.3) is 0 Å². The van der Waals surface area contributed by atoms with Gasteiger partial charge < -0.3 is 0 Å². The highest BCUT2D eigenvalue weighted by atomic mass is 31.1. The summed E-state index contributed by atoms with van der Waals surface area (Å²) >= 11 is 0. The third-order valence-electron chi connectivity index (χ3n) is 5.61. The Morgan fingerprint density at radius 3 is 1.74 bits per heavy atom. The van der Waals surface area contributed by atoms with Crippen LogP contribution in [0.15, 0.2) is 54.6 Å². The molecule has 1 radical (unpaired) electrons. The predicted molar refractivity (Wildman–Crippen MR) is 119 cm³/mol. The summed E-state index contributed by atoms with van der Waals surface area (Å²) in [7, 11) is -3.52. The molecule has 0 saturated heterocycles. The molecule has 0 aromatic heterocycles. The summed E-state index contributed by atoms with van der Waals surface area (Å²) < 4.78 is 94.4. The lowest BCUT2D eigenvalue weighted by atomic mass is 9.92. The molecule has 0 aliphatic carbocycles. The zero-order chi connectivity index (χ0) is 26.3. The molecular weight excluding hydrogens is 493 g/mol. The normalized spacial score (nSPS) is 12.4. The number of halogens is 6. The molecule has 0 heterocycles. The summed E-state index contributed by atoms with van der Waals surface area (Å²) in [4.78, 5) is 26.4. The van der Waals surface area contributed by atoms with Crippen molar-refractivity contribution in [2.45, 2.75) is 33.1 Å². The Hall–Kier alpha value is -3.32. The lowest BCUT2D eigenvalue weighted by molar-refractivity contribution is -0.143. The molecule has 3 aromatic rings. The second-order valence-electron chi connectivity index (χ2n) is 7.87. The average molecular weight is 511 g/mol. The number of ketones is 1. The maximum atomic E-state index is 13.5. The van der Waals surface area contributed by atoms with E-state index in [4.69, 9.17) is 0 Å². The Labute approximate surface area is 197 Å². The van der Waals surface area contributed by atoms with E-state index in [2.05, 4.69) is 0 Å². The van der Waals surface area contributed by atoms with Crippen molar-refractivity contribution < 1.29 is 40.5 Å². The van der Waals surface area contributed by atoms with Crippen LogP contribution >= 0.6 is 7.80 Å². The zero-order valence-corrected chi connectivity index (χ0v) is 19.5. The number of benzene rings is 3. The van der Waals surface area contributed by atoms with E-state index in [-0.39, 0.29) is 11.1 Å². The summed E-state index contributed by atoms with van der Waals surface area (Å²) in [5.41, 5.74) is -5.35. The number of rotatable bonds is 5. The van der Waals surface area contributed by atoms with E-state index in [1.165, 1.54) is 18.2 Å². The number of carbonyl (C=O) groups is 2. The molecule has 0 N–H and O–H groups in total. The van der Waals surface area contributed by atoms with Crippen LogP contribution in [-0.4, -0.2) is 11.3 Å². The van der Waals surface area contributed by atoms with Crippen molar-refractivity contribution in [2.75, 3.05) is 0 Å². The first-order valence-electron chi connectivity index (χ1n) is 10.2. The molecule has 1 atom stereocenters. The molecule has 1 unspecified atom stereocenters. The van der Waals surface area contributed by atoms with E-state index in [1.54, 1.807) is 32.9 Å². The fraction of sp³-hybridized carbons (Fsp3) is 0.200. The van der Waals surface area contributed by atoms with Crippen LogP contribution in [0, 0.1) is 20.8 Å². The Morgan fingerprint density at radius 2 is 1.20 bits per heavy atom. The third-order valence-corrected chi connectivity index (χ3v) is 7.03. The van der Waals surface area contributed by atoms with Gasteiger partial charge in [-0.05, 0) is 61.7 Å². The molecule has 3 nitrogen and oxygen atoms in total. The minimum absolute atomic E-state index is 0.239. The van der Waals surface area contributed by atoms with Gasteiger partial charge >= 0.3 is 12.4 Å². The van der Waals surface area contributed by atoms with E-state index >= 15 is 0 Å². The van der Waals surface area contributed by atoms with E-state index in [0.29, 0.717) is 29.3 Å². The lowest BCUT2D eigenvalue weighted by Crippen LogP contribution is -2.22. The molecule has 0 amide bonds. The van der Waals surface area contributed by atoms with Crippen LogP contribution in [0.25, 0.3) is 0 Å². The fourth-order valence-electron chi connectivity index (χ4n) is 3.74. The molecule has 0 fully saturated rings. The van der Waals surface area contributed by atoms with Gasteiger partial charge in [0.1, 0.15) is 0 Å². The number of hydrogen-bond acceptors (Lipinski definition) is 3. The molecular formula is C25H18F6O3P. The van der Waals surface area contributed by atoms with E-state index in [0.717, 1.165) is 11.6 Å². The van der Waals surface area contributed by atoms with Crippen LogP contribution in [0.3, 0.4) is 0 Å². The van der Waals surface area contributed by atoms with Crippen molar-refractivity contribution in [2.24, 2.45) is 0 Å². The molecule has 183 valence electrons. The quantitative estimate of drug-likeness (QED) is 0.207. The van der Waals surface area contributed by atoms with Crippen molar-refractivity contribution >= 4 is 24.4 Å². The van der Waals surface area contributed by atoms with Gasteiger partial charge in [-0.1, -0.05) is 30.3 Å². The van der Waals surface area contributed by atoms with Crippen LogP contribution in [-0.2, 0) is 16.9 Å². The van der Waals surface area contributed by atoms with Crippen LogP contribution < -0.4 is 5.30 Å². The average Bonchev–Trinajstić information content (AvgIpc) is 2.79. The largest absolute Gasteiger partial charge is 0.417 e. The Morgan fingerprint density at radius 1 is 0.686 bits per heavy atom. The summed E-state index contributed by atoms with van der Waals surface area (Å²) in [5, 5.41) is -0.442. The van der Waals surface area contributed by atoms with Gasteiger partial charge in [-0.25, -0.2) is 0 Å². The molecule has 0 aliphatic rings. The molecule has 10 heteroatoms. The van der Waals surface area contributed by atoms with Gasteiger partial charge in [0, 0.05) is 11.1 Å². The highest BCUT2D eigenvalue weighted by molar-refractivity contribution is 7.71. The summed E-state index contributed by atoms with van der Waals surface area (Å²) in [6, 6.07) is 9.65. The van der Waals surface area contributed by atoms with Crippen molar-refractivity contribution in [3.63, 3.8) is 0 Å². The van der Waals surface area contributed by atoms with Crippen LogP contribution in [0.1, 0.15) is 54.1 Å². The second kappa shape index (κ2) is 9.38. The maximum Gasteiger partial charge on any atom is 0.417 e. The highest BCUT2D eigenvalue weighted by Gasteiger charge is 2.44. The van der Waals surface area contributed by atoms with Crippen LogP contribution in [0.2, 0.25) is 0 Å². The molecule has 35 heavy (non-hydrogen) atoms. The van der Waals surface area contributed by atoms with Crippen molar-refractivity contribution in [3.05, 3.63) is 99.1 Å².